The third-order valence-corrected chi connectivity index (χ3v) is 6.31. The van der Waals surface area contributed by atoms with E-state index in [2.05, 4.69) is 10.2 Å². The first kappa shape index (κ1) is 20.4. The van der Waals surface area contributed by atoms with Gasteiger partial charge in [0.1, 0.15) is 0 Å². The lowest BCUT2D eigenvalue weighted by atomic mass is 9.95. The number of benzene rings is 1. The standard InChI is InChI=1S/C20H26ClN3O2.ClH/c21-16-5-3-14(4-6-16)19(25)23-11-1-2-15(13-23)20(26)24-17-7-8-18(24)12-22-10-9-17;/h3-6,15,17-18,22H,1-2,7-13H2;1H. The zero-order valence-corrected chi connectivity index (χ0v) is 17.0. The lowest BCUT2D eigenvalue weighted by molar-refractivity contribution is -0.139. The van der Waals surface area contributed by atoms with Crippen molar-refractivity contribution in [3.8, 4) is 0 Å². The molecule has 2 bridgehead atoms. The molecule has 7 heteroatoms. The van der Waals surface area contributed by atoms with Gasteiger partial charge in [0.15, 0.2) is 0 Å². The molecule has 27 heavy (non-hydrogen) atoms. The number of carbonyl (C=O) groups excluding carboxylic acids is 2. The molecule has 4 rings (SSSR count). The molecule has 0 aliphatic carbocycles. The van der Waals surface area contributed by atoms with Crippen molar-refractivity contribution >= 4 is 35.8 Å². The summed E-state index contributed by atoms with van der Waals surface area (Å²) in [6.07, 6.45) is 5.04. The highest BCUT2D eigenvalue weighted by molar-refractivity contribution is 6.30. The average Bonchev–Trinajstić information content (AvgIpc) is 2.94. The van der Waals surface area contributed by atoms with E-state index in [0.29, 0.717) is 29.2 Å². The molecule has 148 valence electrons. The molecule has 3 heterocycles. The van der Waals surface area contributed by atoms with E-state index in [-0.39, 0.29) is 30.1 Å². The zero-order valence-electron chi connectivity index (χ0n) is 15.4. The summed E-state index contributed by atoms with van der Waals surface area (Å²) in [5.41, 5.74) is 0.640. The second-order valence-electron chi connectivity index (χ2n) is 7.72. The molecule has 5 nitrogen and oxygen atoms in total. The van der Waals surface area contributed by atoms with Crippen LogP contribution in [0.15, 0.2) is 24.3 Å². The van der Waals surface area contributed by atoms with Crippen molar-refractivity contribution in [1.82, 2.24) is 15.1 Å². The molecule has 1 aromatic carbocycles. The number of fused-ring (bicyclic) bond motifs is 2. The van der Waals surface area contributed by atoms with E-state index in [1.165, 1.54) is 0 Å². The van der Waals surface area contributed by atoms with Gasteiger partial charge in [-0.05, 0) is 62.9 Å². The lowest BCUT2D eigenvalue weighted by Crippen LogP contribution is -2.50. The topological polar surface area (TPSA) is 52.7 Å². The normalized spacial score (nSPS) is 27.7. The number of hydrogen-bond donors (Lipinski definition) is 1. The number of carbonyl (C=O) groups is 2. The number of piperidine rings is 1. The number of hydrogen-bond acceptors (Lipinski definition) is 3. The molecule has 3 aliphatic heterocycles. The van der Waals surface area contributed by atoms with E-state index < -0.39 is 0 Å². The highest BCUT2D eigenvalue weighted by Crippen LogP contribution is 2.31. The van der Waals surface area contributed by atoms with Crippen LogP contribution >= 0.6 is 24.0 Å². The number of nitrogens with zero attached hydrogens (tertiary/aromatic N) is 2. The van der Waals surface area contributed by atoms with Crippen LogP contribution in [0, 0.1) is 5.92 Å². The number of nitrogens with one attached hydrogen (secondary N) is 1. The highest BCUT2D eigenvalue weighted by atomic mass is 35.5. The Hall–Kier alpha value is -1.30. The van der Waals surface area contributed by atoms with E-state index in [9.17, 15) is 9.59 Å². The molecular formula is C20H27Cl2N3O2. The first-order chi connectivity index (χ1) is 12.6. The third-order valence-electron chi connectivity index (χ3n) is 6.06. The van der Waals surface area contributed by atoms with Gasteiger partial charge >= 0.3 is 0 Å². The Labute approximate surface area is 171 Å². The average molecular weight is 412 g/mol. The number of rotatable bonds is 2. The summed E-state index contributed by atoms with van der Waals surface area (Å²) < 4.78 is 0. The van der Waals surface area contributed by atoms with E-state index >= 15 is 0 Å². The predicted octanol–water partition coefficient (Wildman–Crippen LogP) is 2.97. The van der Waals surface area contributed by atoms with Gasteiger partial charge < -0.3 is 15.1 Å². The maximum atomic E-state index is 13.3. The third kappa shape index (κ3) is 4.25. The Morgan fingerprint density at radius 2 is 1.78 bits per heavy atom. The SMILES string of the molecule is Cl.O=C(c1ccc(Cl)cc1)N1CCCC(C(=O)N2C3CCNCC2CC3)C1. The van der Waals surface area contributed by atoms with E-state index in [4.69, 9.17) is 11.6 Å². The Bertz CT molecular complexity index is 668. The van der Waals surface area contributed by atoms with Crippen LogP contribution in [0.25, 0.3) is 0 Å². The monoisotopic (exact) mass is 411 g/mol. The maximum Gasteiger partial charge on any atom is 0.253 e. The van der Waals surface area contributed by atoms with Gasteiger partial charge in [-0.1, -0.05) is 11.6 Å². The summed E-state index contributed by atoms with van der Waals surface area (Å²) in [5, 5.41) is 4.07. The minimum absolute atomic E-state index is 0. The minimum atomic E-state index is -0.0683. The molecule has 2 amide bonds. The Kier molecular flexibility index (Phi) is 6.66. The predicted molar refractivity (Wildman–Crippen MR) is 108 cm³/mol. The summed E-state index contributed by atoms with van der Waals surface area (Å²) in [6, 6.07) is 7.71. The Morgan fingerprint density at radius 3 is 2.56 bits per heavy atom. The largest absolute Gasteiger partial charge is 0.338 e. The van der Waals surface area contributed by atoms with Crippen LogP contribution in [-0.4, -0.2) is 59.9 Å². The fourth-order valence-electron chi connectivity index (χ4n) is 4.69. The van der Waals surface area contributed by atoms with Crippen molar-refractivity contribution in [2.75, 3.05) is 26.2 Å². The van der Waals surface area contributed by atoms with Crippen LogP contribution in [0.3, 0.4) is 0 Å². The second kappa shape index (κ2) is 8.80. The molecule has 1 aromatic rings. The van der Waals surface area contributed by atoms with Crippen molar-refractivity contribution in [1.29, 1.82) is 0 Å². The molecule has 3 atom stereocenters. The van der Waals surface area contributed by atoms with Crippen LogP contribution in [0.5, 0.6) is 0 Å². The lowest BCUT2D eigenvalue weighted by Gasteiger charge is -2.37. The molecule has 0 aromatic heterocycles. The van der Waals surface area contributed by atoms with E-state index in [1.54, 1.807) is 24.3 Å². The summed E-state index contributed by atoms with van der Waals surface area (Å²) in [4.78, 5) is 30.1. The van der Waals surface area contributed by atoms with Gasteiger partial charge in [-0.25, -0.2) is 0 Å². The zero-order chi connectivity index (χ0) is 18.1. The van der Waals surface area contributed by atoms with Gasteiger partial charge in [-0.3, -0.25) is 9.59 Å². The van der Waals surface area contributed by atoms with E-state index in [1.807, 2.05) is 4.90 Å². The summed E-state index contributed by atoms with van der Waals surface area (Å²) in [7, 11) is 0. The fraction of sp³-hybridized carbons (Fsp3) is 0.600. The quantitative estimate of drug-likeness (QED) is 0.813. The molecule has 1 N–H and O–H groups in total. The van der Waals surface area contributed by atoms with Crippen LogP contribution in [0.1, 0.15) is 42.5 Å². The molecule has 3 unspecified atom stereocenters. The van der Waals surface area contributed by atoms with Crippen molar-refractivity contribution in [2.45, 2.75) is 44.2 Å². The van der Waals surface area contributed by atoms with Gasteiger partial charge in [-0.15, -0.1) is 12.4 Å². The first-order valence-electron chi connectivity index (χ1n) is 9.71. The van der Waals surface area contributed by atoms with Crippen molar-refractivity contribution in [2.24, 2.45) is 5.92 Å². The van der Waals surface area contributed by atoms with Crippen LogP contribution in [-0.2, 0) is 4.79 Å². The van der Waals surface area contributed by atoms with Crippen LogP contribution in [0.2, 0.25) is 5.02 Å². The smallest absolute Gasteiger partial charge is 0.253 e. The number of likely N-dealkylation sites (tertiary alicyclic amines) is 1. The second-order valence-corrected chi connectivity index (χ2v) is 8.16. The van der Waals surface area contributed by atoms with Crippen molar-refractivity contribution in [3.05, 3.63) is 34.9 Å². The molecule has 0 radical (unpaired) electrons. The van der Waals surface area contributed by atoms with Crippen molar-refractivity contribution in [3.63, 3.8) is 0 Å². The summed E-state index contributed by atoms with van der Waals surface area (Å²) >= 11 is 5.92. The van der Waals surface area contributed by atoms with Gasteiger partial charge in [0.05, 0.1) is 5.92 Å². The summed E-state index contributed by atoms with van der Waals surface area (Å²) in [6.45, 7) is 3.16. The van der Waals surface area contributed by atoms with Crippen LogP contribution in [0.4, 0.5) is 0 Å². The molecule has 3 aliphatic rings. The highest BCUT2D eigenvalue weighted by Gasteiger charge is 2.41. The summed E-state index contributed by atoms with van der Waals surface area (Å²) in [5.74, 6) is 0.190. The molecule has 0 saturated carbocycles. The van der Waals surface area contributed by atoms with Crippen LogP contribution < -0.4 is 5.32 Å². The Balaban J connectivity index is 0.00000210. The molecule has 0 spiro atoms. The Morgan fingerprint density at radius 1 is 1.04 bits per heavy atom. The number of amides is 2. The first-order valence-corrected chi connectivity index (χ1v) is 10.1. The molecule has 3 fully saturated rings. The molecular weight excluding hydrogens is 385 g/mol. The number of halogens is 2. The molecule has 3 saturated heterocycles. The van der Waals surface area contributed by atoms with E-state index in [0.717, 1.165) is 51.7 Å². The van der Waals surface area contributed by atoms with Crippen molar-refractivity contribution < 1.29 is 9.59 Å². The van der Waals surface area contributed by atoms with Gasteiger partial charge in [0, 0.05) is 42.3 Å². The van der Waals surface area contributed by atoms with Gasteiger partial charge in [-0.2, -0.15) is 0 Å². The maximum absolute atomic E-state index is 13.3. The van der Waals surface area contributed by atoms with Gasteiger partial charge in [0.2, 0.25) is 5.91 Å². The fourth-order valence-corrected chi connectivity index (χ4v) is 4.82. The van der Waals surface area contributed by atoms with Gasteiger partial charge in [0.25, 0.3) is 5.91 Å². The minimum Gasteiger partial charge on any atom is -0.338 e.